The summed E-state index contributed by atoms with van der Waals surface area (Å²) in [4.78, 5) is 28.2. The zero-order valence-corrected chi connectivity index (χ0v) is 16.4. The first-order valence-electron chi connectivity index (χ1n) is 9.64. The standard InChI is InChI=1S/C23H18N2O5/c1-3-28-15-10-8-14(9-11-15)20-19-21(26)16-6-4-5-7-17(16)29-22(19)23(27)25(20)18-12-13(2)30-24-18/h4-12,20H,3H2,1-2H3. The summed E-state index contributed by atoms with van der Waals surface area (Å²) in [7, 11) is 0. The predicted molar refractivity (Wildman–Crippen MR) is 110 cm³/mol. The van der Waals surface area contributed by atoms with Crippen molar-refractivity contribution in [2.24, 2.45) is 0 Å². The van der Waals surface area contributed by atoms with Gasteiger partial charge in [0.2, 0.25) is 5.76 Å². The number of ether oxygens (including phenoxy) is 1. The molecular formula is C23H18N2O5. The largest absolute Gasteiger partial charge is 0.494 e. The Morgan fingerprint density at radius 1 is 1.10 bits per heavy atom. The fraction of sp³-hybridized carbons (Fsp3) is 0.174. The molecular weight excluding hydrogens is 384 g/mol. The van der Waals surface area contributed by atoms with Crippen molar-refractivity contribution in [2.45, 2.75) is 19.9 Å². The van der Waals surface area contributed by atoms with E-state index in [1.165, 1.54) is 4.90 Å². The summed E-state index contributed by atoms with van der Waals surface area (Å²) in [6, 6.07) is 15.2. The Balaban J connectivity index is 1.75. The van der Waals surface area contributed by atoms with Gasteiger partial charge in [-0.3, -0.25) is 14.5 Å². The van der Waals surface area contributed by atoms with E-state index < -0.39 is 11.9 Å². The van der Waals surface area contributed by atoms with Crippen molar-refractivity contribution in [3.63, 3.8) is 0 Å². The molecule has 0 saturated carbocycles. The maximum absolute atomic E-state index is 13.4. The number of fused-ring (bicyclic) bond motifs is 2. The van der Waals surface area contributed by atoms with E-state index in [1.54, 1.807) is 37.3 Å². The summed E-state index contributed by atoms with van der Waals surface area (Å²) in [5, 5.41) is 4.44. The lowest BCUT2D eigenvalue weighted by atomic mass is 9.98. The van der Waals surface area contributed by atoms with Gasteiger partial charge in [0.1, 0.15) is 17.1 Å². The summed E-state index contributed by atoms with van der Waals surface area (Å²) in [6.45, 7) is 4.20. The quantitative estimate of drug-likeness (QED) is 0.508. The number of anilines is 1. The van der Waals surface area contributed by atoms with Crippen LogP contribution in [-0.2, 0) is 0 Å². The summed E-state index contributed by atoms with van der Waals surface area (Å²) < 4.78 is 16.6. The number of aromatic nitrogens is 1. The van der Waals surface area contributed by atoms with Gasteiger partial charge in [0.15, 0.2) is 11.2 Å². The zero-order chi connectivity index (χ0) is 20.8. The van der Waals surface area contributed by atoms with Crippen LogP contribution in [0, 0.1) is 6.92 Å². The van der Waals surface area contributed by atoms with E-state index in [0.29, 0.717) is 40.5 Å². The van der Waals surface area contributed by atoms with E-state index >= 15 is 0 Å². The lowest BCUT2D eigenvalue weighted by Crippen LogP contribution is -2.29. The molecule has 2 aromatic heterocycles. The molecule has 1 aliphatic rings. The van der Waals surface area contributed by atoms with Gasteiger partial charge >= 0.3 is 0 Å². The van der Waals surface area contributed by atoms with Crippen LogP contribution in [-0.4, -0.2) is 17.7 Å². The number of benzene rings is 2. The van der Waals surface area contributed by atoms with Gasteiger partial charge in [0.25, 0.3) is 5.91 Å². The Morgan fingerprint density at radius 3 is 2.57 bits per heavy atom. The Morgan fingerprint density at radius 2 is 1.87 bits per heavy atom. The van der Waals surface area contributed by atoms with E-state index in [2.05, 4.69) is 5.16 Å². The van der Waals surface area contributed by atoms with Gasteiger partial charge in [0.05, 0.1) is 23.6 Å². The highest BCUT2D eigenvalue weighted by molar-refractivity contribution is 6.10. The number of rotatable bonds is 4. The third-order valence-corrected chi connectivity index (χ3v) is 5.15. The smallest absolute Gasteiger partial charge is 0.296 e. The highest BCUT2D eigenvalue weighted by atomic mass is 16.5. The van der Waals surface area contributed by atoms with Crippen molar-refractivity contribution in [1.82, 2.24) is 5.16 Å². The summed E-state index contributed by atoms with van der Waals surface area (Å²) >= 11 is 0. The molecule has 0 radical (unpaired) electrons. The molecule has 2 aromatic carbocycles. The minimum atomic E-state index is -0.687. The molecule has 150 valence electrons. The second-order valence-corrected chi connectivity index (χ2v) is 7.05. The van der Waals surface area contributed by atoms with Crippen molar-refractivity contribution in [2.75, 3.05) is 11.5 Å². The highest BCUT2D eigenvalue weighted by Gasteiger charge is 2.44. The van der Waals surface area contributed by atoms with Gasteiger partial charge in [-0.2, -0.15) is 0 Å². The van der Waals surface area contributed by atoms with Crippen LogP contribution >= 0.6 is 0 Å². The van der Waals surface area contributed by atoms with Crippen LogP contribution in [0.3, 0.4) is 0 Å². The minimum Gasteiger partial charge on any atom is -0.494 e. The molecule has 0 N–H and O–H groups in total. The molecule has 7 nitrogen and oxygen atoms in total. The molecule has 0 fully saturated rings. The van der Waals surface area contributed by atoms with Gasteiger partial charge < -0.3 is 13.7 Å². The number of carbonyl (C=O) groups excluding carboxylic acids is 1. The number of carbonyl (C=O) groups is 1. The first-order valence-corrected chi connectivity index (χ1v) is 9.64. The van der Waals surface area contributed by atoms with Gasteiger partial charge in [-0.25, -0.2) is 0 Å². The molecule has 1 atom stereocenters. The third-order valence-electron chi connectivity index (χ3n) is 5.15. The van der Waals surface area contributed by atoms with Crippen LogP contribution < -0.4 is 15.1 Å². The normalized spacial score (nSPS) is 15.6. The first kappa shape index (κ1) is 18.2. The molecule has 0 spiro atoms. The molecule has 0 saturated heterocycles. The van der Waals surface area contributed by atoms with Crippen molar-refractivity contribution in [1.29, 1.82) is 0 Å². The van der Waals surface area contributed by atoms with E-state index in [-0.39, 0.29) is 11.2 Å². The van der Waals surface area contributed by atoms with Crippen LogP contribution in [0.1, 0.15) is 40.4 Å². The molecule has 3 heterocycles. The third kappa shape index (κ3) is 2.70. The molecule has 1 amide bonds. The Kier molecular flexibility index (Phi) is 4.17. The second-order valence-electron chi connectivity index (χ2n) is 7.05. The summed E-state index contributed by atoms with van der Waals surface area (Å²) in [5.74, 6) is 1.19. The lowest BCUT2D eigenvalue weighted by molar-refractivity contribution is 0.0969. The Hall–Kier alpha value is -3.87. The average Bonchev–Trinajstić information content (AvgIpc) is 3.30. The van der Waals surface area contributed by atoms with Crippen LogP contribution in [0.25, 0.3) is 11.0 Å². The lowest BCUT2D eigenvalue weighted by Gasteiger charge is -2.22. The van der Waals surface area contributed by atoms with Crippen LogP contribution in [0.5, 0.6) is 5.75 Å². The fourth-order valence-corrected chi connectivity index (χ4v) is 3.85. The molecule has 1 aliphatic heterocycles. The molecule has 4 aromatic rings. The zero-order valence-electron chi connectivity index (χ0n) is 16.4. The minimum absolute atomic E-state index is 0.0261. The van der Waals surface area contributed by atoms with Gasteiger partial charge in [-0.05, 0) is 43.7 Å². The highest BCUT2D eigenvalue weighted by Crippen LogP contribution is 2.41. The van der Waals surface area contributed by atoms with E-state index in [9.17, 15) is 9.59 Å². The maximum Gasteiger partial charge on any atom is 0.296 e. The number of hydrogen-bond acceptors (Lipinski definition) is 6. The molecule has 5 rings (SSSR count). The molecule has 0 bridgehead atoms. The van der Waals surface area contributed by atoms with Gasteiger partial charge in [-0.15, -0.1) is 0 Å². The SMILES string of the molecule is CCOc1ccc(C2c3c(oc4ccccc4c3=O)C(=O)N2c2cc(C)on2)cc1. The first-order chi connectivity index (χ1) is 14.6. The topological polar surface area (TPSA) is 85.8 Å². The van der Waals surface area contributed by atoms with Crippen LogP contribution in [0.2, 0.25) is 0 Å². The molecule has 0 aliphatic carbocycles. The Labute approximate surface area is 171 Å². The summed E-state index contributed by atoms with van der Waals surface area (Å²) in [5.41, 5.74) is 1.18. The maximum atomic E-state index is 13.4. The van der Waals surface area contributed by atoms with Gasteiger partial charge in [0, 0.05) is 6.07 Å². The van der Waals surface area contributed by atoms with Crippen LogP contribution in [0.15, 0.2) is 68.3 Å². The monoisotopic (exact) mass is 402 g/mol. The van der Waals surface area contributed by atoms with E-state index in [4.69, 9.17) is 13.7 Å². The van der Waals surface area contributed by atoms with E-state index in [1.807, 2.05) is 31.2 Å². The van der Waals surface area contributed by atoms with Crippen molar-refractivity contribution in [3.05, 3.63) is 87.5 Å². The number of hydrogen-bond donors (Lipinski definition) is 0. The van der Waals surface area contributed by atoms with Crippen molar-refractivity contribution >= 4 is 22.7 Å². The van der Waals surface area contributed by atoms with Crippen LogP contribution in [0.4, 0.5) is 5.82 Å². The summed E-state index contributed by atoms with van der Waals surface area (Å²) in [6.07, 6.45) is 0. The predicted octanol–water partition coefficient (Wildman–Crippen LogP) is 4.24. The number of para-hydroxylation sites is 1. The Bertz CT molecular complexity index is 1320. The molecule has 1 unspecified atom stereocenters. The van der Waals surface area contributed by atoms with Gasteiger partial charge in [-0.1, -0.05) is 29.4 Å². The molecule has 30 heavy (non-hydrogen) atoms. The average molecular weight is 402 g/mol. The number of amides is 1. The second kappa shape index (κ2) is 6.88. The number of nitrogens with zero attached hydrogens (tertiary/aromatic N) is 2. The molecule has 7 heteroatoms. The number of aryl methyl sites for hydroxylation is 1. The van der Waals surface area contributed by atoms with Crippen molar-refractivity contribution in [3.8, 4) is 5.75 Å². The van der Waals surface area contributed by atoms with E-state index in [0.717, 1.165) is 5.56 Å². The van der Waals surface area contributed by atoms with Crippen molar-refractivity contribution < 1.29 is 18.5 Å². The fourth-order valence-electron chi connectivity index (χ4n) is 3.85.